The fourth-order valence-electron chi connectivity index (χ4n) is 1.32. The predicted octanol–water partition coefficient (Wildman–Crippen LogP) is 1.58. The van der Waals surface area contributed by atoms with Crippen molar-refractivity contribution in [2.24, 2.45) is 0 Å². The molecule has 0 radical (unpaired) electrons. The van der Waals surface area contributed by atoms with Gasteiger partial charge in [0.05, 0.1) is 18.7 Å². The SMILES string of the molecule is COc1cc(C#N)ccc1OCc1nnsc1N. The third kappa shape index (κ3) is 2.49. The van der Waals surface area contributed by atoms with Crippen LogP contribution in [0.5, 0.6) is 11.5 Å². The van der Waals surface area contributed by atoms with Crippen molar-refractivity contribution in [1.82, 2.24) is 9.59 Å². The van der Waals surface area contributed by atoms with E-state index in [4.69, 9.17) is 20.5 Å². The van der Waals surface area contributed by atoms with Gasteiger partial charge in [-0.15, -0.1) is 5.10 Å². The third-order valence-corrected chi connectivity index (χ3v) is 2.84. The summed E-state index contributed by atoms with van der Waals surface area (Å²) in [4.78, 5) is 0. The summed E-state index contributed by atoms with van der Waals surface area (Å²) in [6, 6.07) is 6.97. The fraction of sp³-hybridized carbons (Fsp3) is 0.182. The van der Waals surface area contributed by atoms with E-state index >= 15 is 0 Å². The van der Waals surface area contributed by atoms with Gasteiger partial charge in [-0.25, -0.2) is 0 Å². The fourth-order valence-corrected chi connectivity index (χ4v) is 1.75. The van der Waals surface area contributed by atoms with Gasteiger partial charge < -0.3 is 15.2 Å². The van der Waals surface area contributed by atoms with Gasteiger partial charge in [-0.2, -0.15) is 5.26 Å². The second-order valence-electron chi connectivity index (χ2n) is 3.35. The number of nitriles is 1. The van der Waals surface area contributed by atoms with E-state index in [1.807, 2.05) is 6.07 Å². The van der Waals surface area contributed by atoms with E-state index in [0.717, 1.165) is 11.5 Å². The molecule has 0 atom stereocenters. The molecule has 0 fully saturated rings. The Morgan fingerprint density at radius 2 is 2.28 bits per heavy atom. The summed E-state index contributed by atoms with van der Waals surface area (Å²) in [5.41, 5.74) is 6.76. The summed E-state index contributed by atoms with van der Waals surface area (Å²) in [5.74, 6) is 1.03. The van der Waals surface area contributed by atoms with Gasteiger partial charge in [-0.1, -0.05) is 4.49 Å². The summed E-state index contributed by atoms with van der Waals surface area (Å²) < 4.78 is 14.4. The van der Waals surface area contributed by atoms with Crippen LogP contribution >= 0.6 is 11.5 Å². The Hall–Kier alpha value is -2.33. The number of benzene rings is 1. The lowest BCUT2D eigenvalue weighted by molar-refractivity contribution is 0.281. The lowest BCUT2D eigenvalue weighted by Crippen LogP contribution is -2.00. The van der Waals surface area contributed by atoms with Crippen molar-refractivity contribution in [3.8, 4) is 17.6 Å². The zero-order valence-electron chi connectivity index (χ0n) is 9.58. The maximum absolute atomic E-state index is 8.79. The molecule has 18 heavy (non-hydrogen) atoms. The molecule has 0 bridgehead atoms. The maximum Gasteiger partial charge on any atom is 0.162 e. The van der Waals surface area contributed by atoms with Crippen LogP contribution in [0.15, 0.2) is 18.2 Å². The number of hydrogen-bond donors (Lipinski definition) is 1. The second-order valence-corrected chi connectivity index (χ2v) is 4.14. The Balaban J connectivity index is 2.15. The number of ether oxygens (including phenoxy) is 2. The predicted molar refractivity (Wildman–Crippen MR) is 66.4 cm³/mol. The molecule has 0 saturated heterocycles. The van der Waals surface area contributed by atoms with Crippen molar-refractivity contribution < 1.29 is 9.47 Å². The normalized spacial score (nSPS) is 9.78. The first kappa shape index (κ1) is 12.1. The lowest BCUT2D eigenvalue weighted by atomic mass is 10.2. The van der Waals surface area contributed by atoms with Crippen LogP contribution in [0.1, 0.15) is 11.3 Å². The van der Waals surface area contributed by atoms with E-state index < -0.39 is 0 Å². The third-order valence-electron chi connectivity index (χ3n) is 2.24. The molecular formula is C11H10N4O2S. The zero-order chi connectivity index (χ0) is 13.0. The first-order valence-electron chi connectivity index (χ1n) is 5.02. The van der Waals surface area contributed by atoms with E-state index in [1.165, 1.54) is 7.11 Å². The highest BCUT2D eigenvalue weighted by molar-refractivity contribution is 7.09. The molecule has 0 aliphatic heterocycles. The second kappa shape index (κ2) is 5.33. The topological polar surface area (TPSA) is 94.0 Å². The number of aromatic nitrogens is 2. The molecule has 1 heterocycles. The average Bonchev–Trinajstić information content (AvgIpc) is 2.81. The minimum absolute atomic E-state index is 0.213. The molecule has 1 aromatic heterocycles. The van der Waals surface area contributed by atoms with Gasteiger partial charge in [0.25, 0.3) is 0 Å². The van der Waals surface area contributed by atoms with Crippen molar-refractivity contribution in [2.75, 3.05) is 12.8 Å². The summed E-state index contributed by atoms with van der Waals surface area (Å²) in [6.07, 6.45) is 0. The molecule has 92 valence electrons. The van der Waals surface area contributed by atoms with Crippen LogP contribution in [0.25, 0.3) is 0 Å². The van der Waals surface area contributed by atoms with Crippen molar-refractivity contribution >= 4 is 16.5 Å². The smallest absolute Gasteiger partial charge is 0.162 e. The molecule has 0 aliphatic rings. The number of hydrogen-bond acceptors (Lipinski definition) is 7. The molecule has 2 rings (SSSR count). The van der Waals surface area contributed by atoms with Crippen molar-refractivity contribution in [1.29, 1.82) is 5.26 Å². The molecule has 7 heteroatoms. The van der Waals surface area contributed by atoms with Gasteiger partial charge in [-0.05, 0) is 12.1 Å². The van der Waals surface area contributed by atoms with Crippen molar-refractivity contribution in [2.45, 2.75) is 6.61 Å². The number of nitrogens with zero attached hydrogens (tertiary/aromatic N) is 3. The zero-order valence-corrected chi connectivity index (χ0v) is 10.4. The molecule has 2 N–H and O–H groups in total. The van der Waals surface area contributed by atoms with Gasteiger partial charge in [0, 0.05) is 17.6 Å². The summed E-state index contributed by atoms with van der Waals surface area (Å²) in [5, 5.41) is 13.2. The lowest BCUT2D eigenvalue weighted by Gasteiger charge is -2.09. The first-order valence-corrected chi connectivity index (χ1v) is 5.79. The Bertz CT molecular complexity index is 591. The van der Waals surface area contributed by atoms with E-state index in [-0.39, 0.29) is 6.61 Å². The maximum atomic E-state index is 8.79. The number of anilines is 1. The van der Waals surface area contributed by atoms with Crippen LogP contribution < -0.4 is 15.2 Å². The number of methoxy groups -OCH3 is 1. The van der Waals surface area contributed by atoms with E-state index in [9.17, 15) is 0 Å². The minimum atomic E-state index is 0.213. The Labute approximate surface area is 108 Å². The Kier molecular flexibility index (Phi) is 3.60. The van der Waals surface area contributed by atoms with Crippen LogP contribution in [0.3, 0.4) is 0 Å². The molecule has 0 spiro atoms. The van der Waals surface area contributed by atoms with Crippen LogP contribution in [0.4, 0.5) is 5.00 Å². The molecule has 2 aromatic rings. The Morgan fingerprint density at radius 3 is 2.89 bits per heavy atom. The average molecular weight is 262 g/mol. The number of rotatable bonds is 4. The highest BCUT2D eigenvalue weighted by Gasteiger charge is 2.09. The number of nitrogens with two attached hydrogens (primary N) is 1. The summed E-state index contributed by atoms with van der Waals surface area (Å²) in [7, 11) is 1.52. The van der Waals surface area contributed by atoms with Crippen molar-refractivity contribution in [3.63, 3.8) is 0 Å². The van der Waals surface area contributed by atoms with Crippen LogP contribution in [0.2, 0.25) is 0 Å². The largest absolute Gasteiger partial charge is 0.493 e. The van der Waals surface area contributed by atoms with Gasteiger partial charge in [0.2, 0.25) is 0 Å². The molecular weight excluding hydrogens is 252 g/mol. The quantitative estimate of drug-likeness (QED) is 0.899. The summed E-state index contributed by atoms with van der Waals surface area (Å²) >= 11 is 1.12. The van der Waals surface area contributed by atoms with Gasteiger partial charge >= 0.3 is 0 Å². The van der Waals surface area contributed by atoms with Crippen LogP contribution in [0, 0.1) is 11.3 Å². The monoisotopic (exact) mass is 262 g/mol. The standard InChI is InChI=1S/C11H10N4O2S/c1-16-10-4-7(5-12)2-3-9(10)17-6-8-11(13)18-15-14-8/h2-4H,6,13H2,1H3. The Morgan fingerprint density at radius 1 is 1.44 bits per heavy atom. The number of nitrogen functional groups attached to an aromatic ring is 1. The van der Waals surface area contributed by atoms with Crippen molar-refractivity contribution in [3.05, 3.63) is 29.5 Å². The highest BCUT2D eigenvalue weighted by Crippen LogP contribution is 2.29. The minimum Gasteiger partial charge on any atom is -0.493 e. The van der Waals surface area contributed by atoms with E-state index in [0.29, 0.717) is 27.8 Å². The highest BCUT2D eigenvalue weighted by atomic mass is 32.1. The summed E-state index contributed by atoms with van der Waals surface area (Å²) in [6.45, 7) is 0.213. The van der Waals surface area contributed by atoms with Crippen LogP contribution in [-0.4, -0.2) is 16.7 Å². The molecule has 0 aliphatic carbocycles. The molecule has 0 unspecified atom stereocenters. The van der Waals surface area contributed by atoms with E-state index in [1.54, 1.807) is 18.2 Å². The molecule has 1 aromatic carbocycles. The molecule has 0 amide bonds. The van der Waals surface area contributed by atoms with Gasteiger partial charge in [0.15, 0.2) is 11.5 Å². The van der Waals surface area contributed by atoms with Gasteiger partial charge in [-0.3, -0.25) is 0 Å². The first-order chi connectivity index (χ1) is 8.74. The molecule has 0 saturated carbocycles. The van der Waals surface area contributed by atoms with Gasteiger partial charge in [0.1, 0.15) is 17.3 Å². The van der Waals surface area contributed by atoms with E-state index in [2.05, 4.69) is 9.59 Å². The van der Waals surface area contributed by atoms with Crippen LogP contribution in [-0.2, 0) is 6.61 Å². The molecule has 6 nitrogen and oxygen atoms in total.